The molecule has 1 aromatic rings. The van der Waals surface area contributed by atoms with Crippen LogP contribution in [0.4, 0.5) is 4.39 Å². The topological polar surface area (TPSA) is 42.4 Å². The minimum Gasteiger partial charge on any atom is -0.474 e. The predicted octanol–water partition coefficient (Wildman–Crippen LogP) is 2.56. The van der Waals surface area contributed by atoms with Crippen molar-refractivity contribution in [3.63, 3.8) is 0 Å². The molecule has 0 bridgehead atoms. The predicted molar refractivity (Wildman–Crippen MR) is 73.9 cm³/mol. The van der Waals surface area contributed by atoms with Gasteiger partial charge in [0.2, 0.25) is 17.7 Å². The van der Waals surface area contributed by atoms with Gasteiger partial charge in [0.15, 0.2) is 0 Å². The van der Waals surface area contributed by atoms with Crippen LogP contribution in [0.1, 0.15) is 25.7 Å². The number of likely N-dealkylation sites (tertiary alicyclic amines) is 1. The molecule has 1 amide bonds. The summed E-state index contributed by atoms with van der Waals surface area (Å²) in [4.78, 5) is 17.4. The van der Waals surface area contributed by atoms with Gasteiger partial charge < -0.3 is 9.64 Å². The van der Waals surface area contributed by atoms with Crippen molar-refractivity contribution in [2.45, 2.75) is 31.8 Å². The average molecular weight is 278 g/mol. The number of hydrogen-bond acceptors (Lipinski definition) is 3. The number of amides is 1. The summed E-state index contributed by atoms with van der Waals surface area (Å²) in [6, 6.07) is 4.50. The first-order valence-corrected chi connectivity index (χ1v) is 6.87. The van der Waals surface area contributed by atoms with E-state index in [1.807, 2.05) is 4.90 Å². The fraction of sp³-hybridized carbons (Fsp3) is 0.467. The van der Waals surface area contributed by atoms with E-state index < -0.39 is 5.95 Å². The number of piperidine rings is 1. The fourth-order valence-electron chi connectivity index (χ4n) is 2.23. The lowest BCUT2D eigenvalue weighted by atomic mass is 10.1. The zero-order valence-corrected chi connectivity index (χ0v) is 11.4. The van der Waals surface area contributed by atoms with Crippen LogP contribution in [0.2, 0.25) is 0 Å². The summed E-state index contributed by atoms with van der Waals surface area (Å²) in [5, 5.41) is 0. The summed E-state index contributed by atoms with van der Waals surface area (Å²) in [5.41, 5.74) is 0. The molecule has 1 aliphatic rings. The molecular weight excluding hydrogens is 259 g/mol. The fourth-order valence-corrected chi connectivity index (χ4v) is 2.23. The number of pyridine rings is 1. The normalized spacial score (nSPS) is 15.9. The van der Waals surface area contributed by atoms with Crippen LogP contribution in [0.15, 0.2) is 30.9 Å². The molecule has 0 N–H and O–H groups in total. The first-order chi connectivity index (χ1) is 9.69. The van der Waals surface area contributed by atoms with E-state index >= 15 is 0 Å². The molecule has 1 aliphatic heterocycles. The van der Waals surface area contributed by atoms with Gasteiger partial charge in [0.05, 0.1) is 0 Å². The number of halogens is 1. The Morgan fingerprint density at radius 1 is 1.50 bits per heavy atom. The molecule has 0 aliphatic carbocycles. The first-order valence-electron chi connectivity index (χ1n) is 6.87. The van der Waals surface area contributed by atoms with Crippen molar-refractivity contribution in [1.82, 2.24) is 9.88 Å². The molecule has 1 fully saturated rings. The molecule has 4 nitrogen and oxygen atoms in total. The Morgan fingerprint density at radius 2 is 2.25 bits per heavy atom. The van der Waals surface area contributed by atoms with E-state index in [9.17, 15) is 9.18 Å². The molecule has 5 heteroatoms. The number of nitrogens with zero attached hydrogens (tertiary/aromatic N) is 2. The standard InChI is InChI=1S/C15H19FN2O2/c1-2-3-7-15(19)18-10-8-12(9-11-18)20-14-6-4-5-13(16)17-14/h2,4-6,12H,1,3,7-11H2. The molecule has 0 aromatic carbocycles. The second kappa shape index (κ2) is 7.03. The van der Waals surface area contributed by atoms with Crippen LogP contribution in [0.5, 0.6) is 5.88 Å². The summed E-state index contributed by atoms with van der Waals surface area (Å²) in [5.74, 6) is -0.0757. The Balaban J connectivity index is 1.79. The zero-order valence-electron chi connectivity index (χ0n) is 11.4. The summed E-state index contributed by atoms with van der Waals surface area (Å²) in [6.45, 7) is 4.97. The van der Waals surface area contributed by atoms with Gasteiger partial charge in [0, 0.05) is 38.4 Å². The van der Waals surface area contributed by atoms with Crippen LogP contribution in [0.3, 0.4) is 0 Å². The van der Waals surface area contributed by atoms with Gasteiger partial charge in [0.25, 0.3) is 0 Å². The zero-order chi connectivity index (χ0) is 14.4. The van der Waals surface area contributed by atoms with Crippen molar-refractivity contribution in [2.24, 2.45) is 0 Å². The quantitative estimate of drug-likeness (QED) is 0.614. The highest BCUT2D eigenvalue weighted by Crippen LogP contribution is 2.18. The van der Waals surface area contributed by atoms with Gasteiger partial charge in [-0.1, -0.05) is 12.1 Å². The second-order valence-corrected chi connectivity index (χ2v) is 4.82. The first kappa shape index (κ1) is 14.5. The van der Waals surface area contributed by atoms with Crippen molar-refractivity contribution in [3.8, 4) is 5.88 Å². The Kier molecular flexibility index (Phi) is 5.09. The van der Waals surface area contributed by atoms with Crippen LogP contribution < -0.4 is 4.74 Å². The van der Waals surface area contributed by atoms with Gasteiger partial charge in [-0.05, 0) is 12.5 Å². The van der Waals surface area contributed by atoms with Crippen molar-refractivity contribution in [1.29, 1.82) is 0 Å². The third-order valence-electron chi connectivity index (χ3n) is 3.33. The summed E-state index contributed by atoms with van der Waals surface area (Å²) in [6.07, 6.45) is 4.47. The molecule has 0 spiro atoms. The highest BCUT2D eigenvalue weighted by atomic mass is 19.1. The number of aromatic nitrogens is 1. The minimum atomic E-state index is -0.542. The van der Waals surface area contributed by atoms with Gasteiger partial charge in [-0.15, -0.1) is 6.58 Å². The SMILES string of the molecule is C=CCCC(=O)N1CCC(Oc2cccc(F)n2)CC1. The van der Waals surface area contributed by atoms with Crippen LogP contribution in [0.25, 0.3) is 0 Å². The Morgan fingerprint density at radius 3 is 2.90 bits per heavy atom. The number of allylic oxidation sites excluding steroid dienone is 1. The van der Waals surface area contributed by atoms with E-state index in [0.717, 1.165) is 12.8 Å². The maximum Gasteiger partial charge on any atom is 0.222 e. The van der Waals surface area contributed by atoms with E-state index in [1.54, 1.807) is 18.2 Å². The van der Waals surface area contributed by atoms with Crippen molar-refractivity contribution < 1.29 is 13.9 Å². The second-order valence-electron chi connectivity index (χ2n) is 4.82. The third kappa shape index (κ3) is 4.05. The van der Waals surface area contributed by atoms with E-state index in [0.29, 0.717) is 31.8 Å². The molecular formula is C15H19FN2O2. The van der Waals surface area contributed by atoms with Crippen LogP contribution >= 0.6 is 0 Å². The highest BCUT2D eigenvalue weighted by Gasteiger charge is 2.23. The summed E-state index contributed by atoms with van der Waals surface area (Å²) in [7, 11) is 0. The van der Waals surface area contributed by atoms with E-state index in [-0.39, 0.29) is 12.0 Å². The van der Waals surface area contributed by atoms with Gasteiger partial charge in [-0.3, -0.25) is 4.79 Å². The molecule has 2 heterocycles. The van der Waals surface area contributed by atoms with Crippen LogP contribution in [0, 0.1) is 5.95 Å². The number of carbonyl (C=O) groups excluding carboxylic acids is 1. The van der Waals surface area contributed by atoms with Crippen LogP contribution in [-0.2, 0) is 4.79 Å². The molecule has 1 aromatic heterocycles. The molecule has 0 radical (unpaired) electrons. The number of rotatable bonds is 5. The summed E-state index contributed by atoms with van der Waals surface area (Å²) < 4.78 is 18.6. The largest absolute Gasteiger partial charge is 0.474 e. The van der Waals surface area contributed by atoms with Crippen LogP contribution in [-0.4, -0.2) is 35.0 Å². The van der Waals surface area contributed by atoms with Crippen molar-refractivity contribution in [3.05, 3.63) is 36.8 Å². The lowest BCUT2D eigenvalue weighted by Gasteiger charge is -2.32. The Bertz CT molecular complexity index is 471. The molecule has 108 valence electrons. The monoisotopic (exact) mass is 278 g/mol. The molecule has 0 unspecified atom stereocenters. The molecule has 0 atom stereocenters. The van der Waals surface area contributed by atoms with Gasteiger partial charge in [-0.2, -0.15) is 9.37 Å². The summed E-state index contributed by atoms with van der Waals surface area (Å²) >= 11 is 0. The lowest BCUT2D eigenvalue weighted by Crippen LogP contribution is -2.41. The van der Waals surface area contributed by atoms with Gasteiger partial charge >= 0.3 is 0 Å². The Labute approximate surface area is 118 Å². The highest BCUT2D eigenvalue weighted by molar-refractivity contribution is 5.76. The third-order valence-corrected chi connectivity index (χ3v) is 3.33. The Hall–Kier alpha value is -1.91. The van der Waals surface area contributed by atoms with E-state index in [4.69, 9.17) is 4.74 Å². The number of hydrogen-bond donors (Lipinski definition) is 0. The van der Waals surface area contributed by atoms with Crippen molar-refractivity contribution >= 4 is 5.91 Å². The lowest BCUT2D eigenvalue weighted by molar-refractivity contribution is -0.132. The van der Waals surface area contributed by atoms with Crippen molar-refractivity contribution in [2.75, 3.05) is 13.1 Å². The maximum absolute atomic E-state index is 13.0. The molecule has 2 rings (SSSR count). The maximum atomic E-state index is 13.0. The smallest absolute Gasteiger partial charge is 0.222 e. The minimum absolute atomic E-state index is 0.00671. The van der Waals surface area contributed by atoms with Gasteiger partial charge in [0.1, 0.15) is 6.10 Å². The number of ether oxygens (including phenoxy) is 1. The van der Waals surface area contributed by atoms with E-state index in [1.165, 1.54) is 6.07 Å². The average Bonchev–Trinajstić information content (AvgIpc) is 2.45. The number of carbonyl (C=O) groups is 1. The molecule has 1 saturated heterocycles. The van der Waals surface area contributed by atoms with Gasteiger partial charge in [-0.25, -0.2) is 0 Å². The molecule has 0 saturated carbocycles. The van der Waals surface area contributed by atoms with E-state index in [2.05, 4.69) is 11.6 Å². The molecule has 20 heavy (non-hydrogen) atoms.